The molecule has 0 aliphatic carbocycles. The van der Waals surface area contributed by atoms with Crippen LogP contribution in [0.15, 0.2) is 76.0 Å². The van der Waals surface area contributed by atoms with Gasteiger partial charge in [-0.3, -0.25) is 4.79 Å². The highest BCUT2D eigenvalue weighted by molar-refractivity contribution is 7.90. The van der Waals surface area contributed by atoms with Crippen molar-refractivity contribution in [2.45, 2.75) is 23.6 Å². The highest BCUT2D eigenvalue weighted by Crippen LogP contribution is 2.29. The van der Waals surface area contributed by atoms with Gasteiger partial charge in [0, 0.05) is 12.6 Å². The van der Waals surface area contributed by atoms with Crippen molar-refractivity contribution in [3.8, 4) is 5.75 Å². The topological polar surface area (TPSA) is 76.8 Å². The molecule has 0 fully saturated rings. The number of methoxy groups -OCH3 is 1. The second kappa shape index (κ2) is 8.53. The Bertz CT molecular complexity index is 1090. The predicted octanol–water partition coefficient (Wildman–Crippen LogP) is 4.10. The number of carbonyl (C=O) groups is 1. The fraction of sp³-hybridized carbons (Fsp3) is 0.227. The fourth-order valence-electron chi connectivity index (χ4n) is 3.04. The van der Waals surface area contributed by atoms with Crippen LogP contribution in [0.5, 0.6) is 5.75 Å². The zero-order valence-corrected chi connectivity index (χ0v) is 17.3. The number of para-hydroxylation sites is 1. The molecular formula is C22H23NO5S. The molecule has 0 radical (unpaired) electrons. The second-order valence-electron chi connectivity index (χ2n) is 6.67. The highest BCUT2D eigenvalue weighted by atomic mass is 32.2. The van der Waals surface area contributed by atoms with Crippen molar-refractivity contribution in [1.82, 2.24) is 4.90 Å². The Hall–Kier alpha value is -3.06. The maximum Gasteiger partial charge on any atom is 0.289 e. The number of hydrogen-bond acceptors (Lipinski definition) is 5. The third-order valence-corrected chi connectivity index (χ3v) is 6.45. The Balaban J connectivity index is 1.77. The summed E-state index contributed by atoms with van der Waals surface area (Å²) in [4.78, 5) is 14.6. The number of carbonyl (C=O) groups excluding carboxylic acids is 1. The van der Waals surface area contributed by atoms with Gasteiger partial charge in [-0.1, -0.05) is 36.4 Å². The first-order chi connectivity index (χ1) is 13.8. The van der Waals surface area contributed by atoms with Crippen molar-refractivity contribution >= 4 is 15.7 Å². The van der Waals surface area contributed by atoms with Crippen LogP contribution in [0.2, 0.25) is 0 Å². The molecule has 1 amide bonds. The molecule has 7 heteroatoms. The average molecular weight is 413 g/mol. The molecule has 0 aliphatic rings. The molecule has 0 saturated heterocycles. The summed E-state index contributed by atoms with van der Waals surface area (Å²) in [7, 11) is -0.298. The first-order valence-electron chi connectivity index (χ1n) is 9.10. The number of rotatable bonds is 7. The summed E-state index contributed by atoms with van der Waals surface area (Å²) in [5, 5.41) is 0. The predicted molar refractivity (Wildman–Crippen MR) is 110 cm³/mol. The lowest BCUT2D eigenvalue weighted by Crippen LogP contribution is -2.29. The van der Waals surface area contributed by atoms with E-state index in [9.17, 15) is 13.2 Å². The van der Waals surface area contributed by atoms with Crippen LogP contribution in [0.25, 0.3) is 0 Å². The molecule has 0 N–H and O–H groups in total. The summed E-state index contributed by atoms with van der Waals surface area (Å²) in [6.45, 7) is 1.89. The molecule has 29 heavy (non-hydrogen) atoms. The van der Waals surface area contributed by atoms with E-state index in [0.717, 1.165) is 5.56 Å². The lowest BCUT2D eigenvalue weighted by molar-refractivity contribution is 0.0707. The van der Waals surface area contributed by atoms with E-state index >= 15 is 0 Å². The number of furan rings is 1. The Morgan fingerprint density at radius 2 is 1.69 bits per heavy atom. The van der Waals surface area contributed by atoms with Gasteiger partial charge in [-0.25, -0.2) is 8.42 Å². The molecule has 3 rings (SSSR count). The quantitative estimate of drug-likeness (QED) is 0.583. The summed E-state index contributed by atoms with van der Waals surface area (Å²) in [6.07, 6.45) is 0. The van der Waals surface area contributed by atoms with Crippen LogP contribution in [0.4, 0.5) is 0 Å². The van der Waals surface area contributed by atoms with Crippen LogP contribution < -0.4 is 4.74 Å². The third kappa shape index (κ3) is 4.51. The standard InChI is InChI=1S/C22H23NO5S/c1-16(19-11-7-8-12-20(19)27-3)23(2)22(24)21-14-13-17(28-21)15-29(25,26)18-9-5-4-6-10-18/h4-14,16H,15H2,1-3H3. The number of ether oxygens (including phenoxy) is 1. The Morgan fingerprint density at radius 1 is 1.03 bits per heavy atom. The van der Waals surface area contributed by atoms with Gasteiger partial charge in [0.05, 0.1) is 18.0 Å². The van der Waals surface area contributed by atoms with E-state index in [1.807, 2.05) is 31.2 Å². The van der Waals surface area contributed by atoms with Gasteiger partial charge in [-0.2, -0.15) is 0 Å². The number of sulfone groups is 1. The zero-order valence-electron chi connectivity index (χ0n) is 16.5. The smallest absolute Gasteiger partial charge is 0.289 e. The SMILES string of the molecule is COc1ccccc1C(C)N(C)C(=O)c1ccc(CS(=O)(=O)c2ccccc2)o1. The minimum absolute atomic E-state index is 0.0903. The summed E-state index contributed by atoms with van der Waals surface area (Å²) < 4.78 is 36.0. The molecule has 1 unspecified atom stereocenters. The van der Waals surface area contributed by atoms with Gasteiger partial charge in [-0.15, -0.1) is 0 Å². The van der Waals surface area contributed by atoms with Crippen LogP contribution >= 0.6 is 0 Å². The fourth-order valence-corrected chi connectivity index (χ4v) is 4.31. The molecule has 0 bridgehead atoms. The van der Waals surface area contributed by atoms with Crippen LogP contribution in [0, 0.1) is 0 Å². The third-order valence-electron chi connectivity index (χ3n) is 4.80. The monoisotopic (exact) mass is 413 g/mol. The molecule has 0 saturated carbocycles. The molecule has 152 valence electrons. The molecule has 0 aliphatic heterocycles. The lowest BCUT2D eigenvalue weighted by atomic mass is 10.1. The maximum absolute atomic E-state index is 12.8. The first-order valence-corrected chi connectivity index (χ1v) is 10.8. The normalized spacial score (nSPS) is 12.4. The largest absolute Gasteiger partial charge is 0.496 e. The zero-order chi connectivity index (χ0) is 21.0. The number of amides is 1. The van der Waals surface area contributed by atoms with E-state index in [-0.39, 0.29) is 34.1 Å². The van der Waals surface area contributed by atoms with Crippen LogP contribution in [0.3, 0.4) is 0 Å². The van der Waals surface area contributed by atoms with Gasteiger partial charge in [0.2, 0.25) is 0 Å². The first kappa shape index (κ1) is 20.7. The van der Waals surface area contributed by atoms with E-state index < -0.39 is 9.84 Å². The van der Waals surface area contributed by atoms with Crippen molar-refractivity contribution in [1.29, 1.82) is 0 Å². The van der Waals surface area contributed by atoms with Crippen molar-refractivity contribution < 1.29 is 22.4 Å². The number of benzene rings is 2. The average Bonchev–Trinajstić information content (AvgIpc) is 3.20. The summed E-state index contributed by atoms with van der Waals surface area (Å²) in [6, 6.07) is 18.4. The van der Waals surface area contributed by atoms with Crippen molar-refractivity contribution in [3.63, 3.8) is 0 Å². The van der Waals surface area contributed by atoms with Crippen molar-refractivity contribution in [3.05, 3.63) is 83.8 Å². The summed E-state index contributed by atoms with van der Waals surface area (Å²) >= 11 is 0. The molecule has 0 spiro atoms. The molecule has 1 aromatic heterocycles. The Kier molecular flexibility index (Phi) is 6.08. The molecule has 1 atom stereocenters. The Morgan fingerprint density at radius 3 is 2.38 bits per heavy atom. The molecule has 2 aromatic carbocycles. The van der Waals surface area contributed by atoms with E-state index in [4.69, 9.17) is 9.15 Å². The van der Waals surface area contributed by atoms with Gasteiger partial charge >= 0.3 is 0 Å². The summed E-state index contributed by atoms with van der Waals surface area (Å²) in [5.74, 6) is 0.347. The van der Waals surface area contributed by atoms with Crippen LogP contribution in [-0.2, 0) is 15.6 Å². The Labute approximate surface area is 170 Å². The van der Waals surface area contributed by atoms with Gasteiger partial charge in [0.25, 0.3) is 5.91 Å². The van der Waals surface area contributed by atoms with Gasteiger partial charge in [-0.05, 0) is 37.3 Å². The number of hydrogen-bond donors (Lipinski definition) is 0. The molecule has 1 heterocycles. The van der Waals surface area contributed by atoms with Crippen molar-refractivity contribution in [2.75, 3.05) is 14.2 Å². The molecule has 6 nitrogen and oxygen atoms in total. The van der Waals surface area contributed by atoms with E-state index in [0.29, 0.717) is 5.75 Å². The minimum Gasteiger partial charge on any atom is -0.496 e. The molecular weight excluding hydrogens is 390 g/mol. The van der Waals surface area contributed by atoms with Crippen molar-refractivity contribution in [2.24, 2.45) is 0 Å². The minimum atomic E-state index is -3.55. The second-order valence-corrected chi connectivity index (χ2v) is 8.66. The lowest BCUT2D eigenvalue weighted by Gasteiger charge is -2.25. The molecule has 3 aromatic rings. The van der Waals surface area contributed by atoms with Gasteiger partial charge in [0.1, 0.15) is 17.3 Å². The van der Waals surface area contributed by atoms with E-state index in [1.54, 1.807) is 32.4 Å². The van der Waals surface area contributed by atoms with Crippen LogP contribution in [0.1, 0.15) is 34.8 Å². The maximum atomic E-state index is 12.8. The van der Waals surface area contributed by atoms with E-state index in [1.165, 1.54) is 29.2 Å². The van der Waals surface area contributed by atoms with Crippen LogP contribution in [-0.4, -0.2) is 33.4 Å². The van der Waals surface area contributed by atoms with Gasteiger partial charge in [0.15, 0.2) is 15.6 Å². The number of nitrogens with zero attached hydrogens (tertiary/aromatic N) is 1. The van der Waals surface area contributed by atoms with E-state index in [2.05, 4.69) is 0 Å². The highest BCUT2D eigenvalue weighted by Gasteiger charge is 2.25. The van der Waals surface area contributed by atoms with Gasteiger partial charge < -0.3 is 14.1 Å². The summed E-state index contributed by atoms with van der Waals surface area (Å²) in [5.41, 5.74) is 0.865.